The van der Waals surface area contributed by atoms with Crippen LogP contribution in [0.5, 0.6) is 0 Å². The van der Waals surface area contributed by atoms with Crippen molar-refractivity contribution in [1.29, 1.82) is 0 Å². The molecule has 3 aromatic rings. The van der Waals surface area contributed by atoms with Crippen LogP contribution in [0.1, 0.15) is 5.56 Å². The van der Waals surface area contributed by atoms with Crippen LogP contribution >= 0.6 is 0 Å². The van der Waals surface area contributed by atoms with Crippen LogP contribution in [0, 0.1) is 0 Å². The predicted molar refractivity (Wildman–Crippen MR) is 71.9 cm³/mol. The van der Waals surface area contributed by atoms with Crippen LogP contribution in [-0.4, -0.2) is 15.1 Å². The van der Waals surface area contributed by atoms with Crippen LogP contribution in [0.15, 0.2) is 42.9 Å². The fraction of sp³-hybridized carbons (Fsp3) is 0.0714. The van der Waals surface area contributed by atoms with Gasteiger partial charge < -0.3 is 15.8 Å². The molecule has 0 amide bonds. The summed E-state index contributed by atoms with van der Waals surface area (Å²) in [6.45, 7) is -0.00459. The highest BCUT2D eigenvalue weighted by molar-refractivity contribution is 5.94. The molecule has 0 radical (unpaired) electrons. The summed E-state index contributed by atoms with van der Waals surface area (Å²) in [5, 5.41) is 10.1. The van der Waals surface area contributed by atoms with Gasteiger partial charge in [-0.3, -0.25) is 4.98 Å². The summed E-state index contributed by atoms with van der Waals surface area (Å²) in [6, 6.07) is 7.96. The van der Waals surface area contributed by atoms with E-state index in [-0.39, 0.29) is 6.61 Å². The van der Waals surface area contributed by atoms with Crippen molar-refractivity contribution in [3.8, 4) is 11.1 Å². The van der Waals surface area contributed by atoms with E-state index in [1.807, 2.05) is 24.3 Å². The molecule has 0 aliphatic rings. The van der Waals surface area contributed by atoms with Gasteiger partial charge in [0.25, 0.3) is 0 Å². The Balaban J connectivity index is 2.15. The Labute approximate surface area is 104 Å². The molecule has 4 heteroatoms. The van der Waals surface area contributed by atoms with E-state index in [0.717, 1.165) is 33.3 Å². The van der Waals surface area contributed by atoms with Crippen LogP contribution in [0.2, 0.25) is 0 Å². The lowest BCUT2D eigenvalue weighted by Crippen LogP contribution is -1.87. The largest absolute Gasteiger partial charge is 0.397 e. The first-order valence-electron chi connectivity index (χ1n) is 5.69. The lowest BCUT2D eigenvalue weighted by molar-refractivity contribution is 0.281. The molecular weight excluding hydrogens is 226 g/mol. The number of hydrogen-bond acceptors (Lipinski definition) is 3. The zero-order valence-electron chi connectivity index (χ0n) is 9.72. The van der Waals surface area contributed by atoms with Gasteiger partial charge in [0.1, 0.15) is 0 Å². The number of aromatic nitrogens is 2. The molecule has 0 saturated heterocycles. The average Bonchev–Trinajstić information content (AvgIpc) is 2.80. The maximum Gasteiger partial charge on any atom is 0.0697 e. The van der Waals surface area contributed by atoms with Crippen molar-refractivity contribution in [3.63, 3.8) is 0 Å². The Bertz CT molecular complexity index is 703. The summed E-state index contributed by atoms with van der Waals surface area (Å²) in [5.74, 6) is 0. The quantitative estimate of drug-likeness (QED) is 0.642. The Hall–Kier alpha value is -2.33. The Morgan fingerprint density at radius 3 is 2.89 bits per heavy atom. The summed E-state index contributed by atoms with van der Waals surface area (Å²) < 4.78 is 0. The van der Waals surface area contributed by atoms with E-state index in [1.54, 1.807) is 18.6 Å². The van der Waals surface area contributed by atoms with Crippen molar-refractivity contribution in [2.24, 2.45) is 0 Å². The topological polar surface area (TPSA) is 74.9 Å². The summed E-state index contributed by atoms with van der Waals surface area (Å²) in [4.78, 5) is 7.23. The summed E-state index contributed by atoms with van der Waals surface area (Å²) in [6.07, 6.45) is 5.23. The third-order valence-corrected chi connectivity index (χ3v) is 3.02. The third-order valence-electron chi connectivity index (χ3n) is 3.02. The molecule has 0 fully saturated rings. The van der Waals surface area contributed by atoms with Gasteiger partial charge in [-0.05, 0) is 29.3 Å². The van der Waals surface area contributed by atoms with Crippen LogP contribution < -0.4 is 5.73 Å². The zero-order valence-corrected chi connectivity index (χ0v) is 9.72. The SMILES string of the molecule is Nc1c[nH]c2ccc(-c3cncc(CO)c3)cc12. The highest BCUT2D eigenvalue weighted by Crippen LogP contribution is 2.27. The minimum absolute atomic E-state index is 0.00459. The number of benzene rings is 1. The molecule has 0 unspecified atom stereocenters. The number of H-pyrrole nitrogens is 1. The summed E-state index contributed by atoms with van der Waals surface area (Å²) in [7, 11) is 0. The molecule has 0 saturated carbocycles. The van der Waals surface area contributed by atoms with Crippen molar-refractivity contribution in [2.75, 3.05) is 5.73 Å². The molecule has 0 spiro atoms. The van der Waals surface area contributed by atoms with E-state index < -0.39 is 0 Å². The molecule has 2 heterocycles. The zero-order chi connectivity index (χ0) is 12.5. The molecule has 0 atom stereocenters. The molecule has 4 nitrogen and oxygen atoms in total. The minimum Gasteiger partial charge on any atom is -0.397 e. The molecule has 2 aromatic heterocycles. The van der Waals surface area contributed by atoms with Gasteiger partial charge in [-0.2, -0.15) is 0 Å². The van der Waals surface area contributed by atoms with Crippen molar-refractivity contribution in [3.05, 3.63) is 48.4 Å². The average molecular weight is 239 g/mol. The maximum absolute atomic E-state index is 9.13. The summed E-state index contributed by atoms with van der Waals surface area (Å²) in [5.41, 5.74) is 10.5. The van der Waals surface area contributed by atoms with Gasteiger partial charge in [0.15, 0.2) is 0 Å². The molecule has 18 heavy (non-hydrogen) atoms. The molecule has 0 bridgehead atoms. The highest BCUT2D eigenvalue weighted by atomic mass is 16.3. The number of nitrogen functional groups attached to an aromatic ring is 1. The number of aliphatic hydroxyl groups excluding tert-OH is 1. The monoisotopic (exact) mass is 239 g/mol. The first-order chi connectivity index (χ1) is 8.78. The number of aliphatic hydroxyl groups is 1. The van der Waals surface area contributed by atoms with E-state index in [9.17, 15) is 0 Å². The van der Waals surface area contributed by atoms with Crippen molar-refractivity contribution >= 4 is 16.6 Å². The Kier molecular flexibility index (Phi) is 2.50. The Morgan fingerprint density at radius 1 is 1.17 bits per heavy atom. The van der Waals surface area contributed by atoms with E-state index in [0.29, 0.717) is 0 Å². The first kappa shape index (κ1) is 10.8. The van der Waals surface area contributed by atoms with E-state index in [2.05, 4.69) is 9.97 Å². The van der Waals surface area contributed by atoms with E-state index >= 15 is 0 Å². The predicted octanol–water partition coefficient (Wildman–Crippen LogP) is 2.30. The van der Waals surface area contributed by atoms with E-state index in [4.69, 9.17) is 10.8 Å². The smallest absolute Gasteiger partial charge is 0.0697 e. The van der Waals surface area contributed by atoms with Gasteiger partial charge in [0, 0.05) is 35.1 Å². The van der Waals surface area contributed by atoms with Gasteiger partial charge in [0.2, 0.25) is 0 Å². The second kappa shape index (κ2) is 4.16. The number of anilines is 1. The lowest BCUT2D eigenvalue weighted by atomic mass is 10.0. The number of hydrogen-bond donors (Lipinski definition) is 3. The molecule has 1 aromatic carbocycles. The summed E-state index contributed by atoms with van der Waals surface area (Å²) >= 11 is 0. The fourth-order valence-corrected chi connectivity index (χ4v) is 2.05. The number of pyridine rings is 1. The first-order valence-corrected chi connectivity index (χ1v) is 5.69. The number of aromatic amines is 1. The molecule has 0 aliphatic carbocycles. The fourth-order valence-electron chi connectivity index (χ4n) is 2.05. The molecule has 3 rings (SSSR count). The second-order valence-corrected chi connectivity index (χ2v) is 4.24. The second-order valence-electron chi connectivity index (χ2n) is 4.24. The number of rotatable bonds is 2. The molecule has 4 N–H and O–H groups in total. The molecule has 90 valence electrons. The molecule has 0 aliphatic heterocycles. The minimum atomic E-state index is -0.00459. The van der Waals surface area contributed by atoms with Crippen molar-refractivity contribution in [2.45, 2.75) is 6.61 Å². The van der Waals surface area contributed by atoms with E-state index in [1.165, 1.54) is 0 Å². The number of nitrogens with one attached hydrogen (secondary N) is 1. The standard InChI is InChI=1S/C14H13N3O/c15-13-7-17-14-2-1-10(4-12(13)14)11-3-9(8-18)5-16-6-11/h1-7,17-18H,8,15H2. The van der Waals surface area contributed by atoms with Gasteiger partial charge in [-0.15, -0.1) is 0 Å². The van der Waals surface area contributed by atoms with Crippen LogP contribution in [0.4, 0.5) is 5.69 Å². The van der Waals surface area contributed by atoms with Gasteiger partial charge in [0.05, 0.1) is 12.3 Å². The van der Waals surface area contributed by atoms with Gasteiger partial charge in [-0.25, -0.2) is 0 Å². The van der Waals surface area contributed by atoms with Gasteiger partial charge >= 0.3 is 0 Å². The maximum atomic E-state index is 9.13. The van der Waals surface area contributed by atoms with Gasteiger partial charge in [-0.1, -0.05) is 6.07 Å². The van der Waals surface area contributed by atoms with Crippen molar-refractivity contribution in [1.82, 2.24) is 9.97 Å². The molecular formula is C14H13N3O. The third kappa shape index (κ3) is 1.72. The number of fused-ring (bicyclic) bond motifs is 1. The van der Waals surface area contributed by atoms with Crippen LogP contribution in [0.25, 0.3) is 22.0 Å². The number of nitrogens with two attached hydrogens (primary N) is 1. The van der Waals surface area contributed by atoms with Crippen LogP contribution in [0.3, 0.4) is 0 Å². The number of nitrogens with zero attached hydrogens (tertiary/aromatic N) is 1. The Morgan fingerprint density at radius 2 is 2.06 bits per heavy atom. The van der Waals surface area contributed by atoms with Crippen LogP contribution in [-0.2, 0) is 6.61 Å². The lowest BCUT2D eigenvalue weighted by Gasteiger charge is -2.04. The highest BCUT2D eigenvalue weighted by Gasteiger charge is 2.04. The van der Waals surface area contributed by atoms with Crippen molar-refractivity contribution < 1.29 is 5.11 Å². The normalized spacial score (nSPS) is 10.9.